The van der Waals surface area contributed by atoms with Gasteiger partial charge in [-0.25, -0.2) is 0 Å². The van der Waals surface area contributed by atoms with Crippen LogP contribution in [0, 0.1) is 6.92 Å². The maximum absolute atomic E-state index is 13.7. The lowest BCUT2D eigenvalue weighted by Gasteiger charge is -2.32. The lowest BCUT2D eigenvalue weighted by molar-refractivity contribution is -0.141. The quantitative estimate of drug-likeness (QED) is 0.394. The number of hydrogen-bond donors (Lipinski definition) is 1. The van der Waals surface area contributed by atoms with Crippen molar-refractivity contribution < 1.29 is 9.59 Å². The number of rotatable bonds is 9. The van der Waals surface area contributed by atoms with Gasteiger partial charge in [-0.3, -0.25) is 9.59 Å². The van der Waals surface area contributed by atoms with Crippen LogP contribution in [0.15, 0.2) is 72.8 Å². The predicted molar refractivity (Wildman–Crippen MR) is 139 cm³/mol. The Balaban J connectivity index is 2.01. The minimum atomic E-state index is -0.701. The summed E-state index contributed by atoms with van der Waals surface area (Å²) in [5.41, 5.74) is 3.68. The first-order valence-corrected chi connectivity index (χ1v) is 12.1. The molecule has 0 aromatic heterocycles. The molecule has 0 unspecified atom stereocenters. The topological polar surface area (TPSA) is 49.4 Å². The zero-order valence-corrected chi connectivity index (χ0v) is 21.2. The van der Waals surface area contributed by atoms with Gasteiger partial charge in [0.1, 0.15) is 6.04 Å². The van der Waals surface area contributed by atoms with E-state index in [9.17, 15) is 9.59 Å². The van der Waals surface area contributed by atoms with Crippen molar-refractivity contribution in [3.05, 3.63) is 105 Å². The zero-order valence-electron chi connectivity index (χ0n) is 19.7. The monoisotopic (exact) mass is 496 g/mol. The minimum Gasteiger partial charge on any atom is -0.352 e. The molecular formula is C28H30Cl2N2O2. The van der Waals surface area contributed by atoms with E-state index >= 15 is 0 Å². The fourth-order valence-electron chi connectivity index (χ4n) is 3.84. The molecule has 0 saturated heterocycles. The SMILES string of the molecule is Cc1ccccc1CC(=O)N(Cc1ccc(Cl)cc1Cl)[C@@H](Cc1ccccc1)C(=O)NC(C)C. The van der Waals surface area contributed by atoms with Crippen LogP contribution in [0.1, 0.15) is 36.1 Å². The molecule has 34 heavy (non-hydrogen) atoms. The lowest BCUT2D eigenvalue weighted by Crippen LogP contribution is -2.52. The summed E-state index contributed by atoms with van der Waals surface area (Å²) < 4.78 is 0. The van der Waals surface area contributed by atoms with Crippen molar-refractivity contribution in [3.63, 3.8) is 0 Å². The van der Waals surface area contributed by atoms with Gasteiger partial charge in [0.25, 0.3) is 0 Å². The van der Waals surface area contributed by atoms with Crippen molar-refractivity contribution >= 4 is 35.0 Å². The number of amides is 2. The largest absolute Gasteiger partial charge is 0.352 e. The zero-order chi connectivity index (χ0) is 24.7. The second-order valence-corrected chi connectivity index (χ2v) is 9.57. The number of benzene rings is 3. The van der Waals surface area contributed by atoms with Crippen molar-refractivity contribution in [1.29, 1.82) is 0 Å². The molecule has 1 atom stereocenters. The Bertz CT molecular complexity index is 1130. The highest BCUT2D eigenvalue weighted by atomic mass is 35.5. The maximum Gasteiger partial charge on any atom is 0.243 e. The summed E-state index contributed by atoms with van der Waals surface area (Å²) in [6.45, 7) is 6.00. The summed E-state index contributed by atoms with van der Waals surface area (Å²) in [5.74, 6) is -0.331. The number of nitrogens with zero attached hydrogens (tertiary/aromatic N) is 1. The molecule has 0 saturated carbocycles. The van der Waals surface area contributed by atoms with Gasteiger partial charge in [-0.15, -0.1) is 0 Å². The molecule has 0 spiro atoms. The second-order valence-electron chi connectivity index (χ2n) is 8.73. The van der Waals surface area contributed by atoms with Crippen molar-refractivity contribution in [2.45, 2.75) is 52.2 Å². The highest BCUT2D eigenvalue weighted by Crippen LogP contribution is 2.25. The van der Waals surface area contributed by atoms with Crippen molar-refractivity contribution in [3.8, 4) is 0 Å². The summed E-state index contributed by atoms with van der Waals surface area (Å²) in [6.07, 6.45) is 0.586. The average Bonchev–Trinajstić information content (AvgIpc) is 2.79. The number of carbonyl (C=O) groups is 2. The van der Waals surface area contributed by atoms with Crippen molar-refractivity contribution in [2.75, 3.05) is 0 Å². The third kappa shape index (κ3) is 7.09. The third-order valence-electron chi connectivity index (χ3n) is 5.66. The fraction of sp³-hybridized carbons (Fsp3) is 0.286. The molecule has 3 aromatic carbocycles. The first kappa shape index (κ1) is 25.8. The van der Waals surface area contributed by atoms with E-state index in [0.717, 1.165) is 22.3 Å². The standard InChI is InChI=1S/C28H30Cl2N2O2/c1-19(2)31-28(34)26(15-21-10-5-4-6-11-21)32(18-23-13-14-24(29)17-25(23)30)27(33)16-22-12-8-7-9-20(22)3/h4-14,17,19,26H,15-16,18H2,1-3H3,(H,31,34)/t26-/m0/s1. The third-order valence-corrected chi connectivity index (χ3v) is 6.25. The molecular weight excluding hydrogens is 467 g/mol. The lowest BCUT2D eigenvalue weighted by atomic mass is 10.00. The van der Waals surface area contributed by atoms with Gasteiger partial charge in [0, 0.05) is 29.1 Å². The molecule has 0 heterocycles. The van der Waals surface area contributed by atoms with Crippen LogP contribution in [-0.4, -0.2) is 28.8 Å². The smallest absolute Gasteiger partial charge is 0.243 e. The molecule has 0 bridgehead atoms. The molecule has 4 nitrogen and oxygen atoms in total. The maximum atomic E-state index is 13.7. The van der Waals surface area contributed by atoms with Crippen molar-refractivity contribution in [2.24, 2.45) is 0 Å². The highest BCUT2D eigenvalue weighted by molar-refractivity contribution is 6.35. The molecule has 2 amide bonds. The van der Waals surface area contributed by atoms with Gasteiger partial charge in [-0.1, -0.05) is 83.9 Å². The normalized spacial score (nSPS) is 11.8. The summed E-state index contributed by atoms with van der Waals surface area (Å²) >= 11 is 12.6. The van der Waals surface area contributed by atoms with Crippen molar-refractivity contribution in [1.82, 2.24) is 10.2 Å². The van der Waals surface area contributed by atoms with Gasteiger partial charge < -0.3 is 10.2 Å². The highest BCUT2D eigenvalue weighted by Gasteiger charge is 2.31. The van der Waals surface area contributed by atoms with Gasteiger partial charge in [-0.05, 0) is 55.2 Å². The van der Waals surface area contributed by atoms with E-state index in [0.29, 0.717) is 16.5 Å². The number of hydrogen-bond acceptors (Lipinski definition) is 2. The van der Waals surface area contributed by atoms with Gasteiger partial charge in [0.05, 0.1) is 6.42 Å². The molecule has 3 rings (SSSR count). The summed E-state index contributed by atoms with van der Waals surface area (Å²) in [4.78, 5) is 28.8. The first-order chi connectivity index (χ1) is 16.2. The van der Waals surface area contributed by atoms with E-state index in [4.69, 9.17) is 23.2 Å². The van der Waals surface area contributed by atoms with E-state index in [2.05, 4.69) is 5.32 Å². The Morgan fingerprint density at radius 3 is 2.24 bits per heavy atom. The van der Waals surface area contributed by atoms with Crippen LogP contribution in [0.2, 0.25) is 10.0 Å². The Morgan fingerprint density at radius 1 is 0.912 bits per heavy atom. The van der Waals surface area contributed by atoms with Crippen LogP contribution >= 0.6 is 23.2 Å². The molecule has 3 aromatic rings. The van der Waals surface area contributed by atoms with Gasteiger partial charge in [0.15, 0.2) is 0 Å². The molecule has 178 valence electrons. The first-order valence-electron chi connectivity index (χ1n) is 11.4. The van der Waals surface area contributed by atoms with Crippen LogP contribution in [0.5, 0.6) is 0 Å². The molecule has 0 fully saturated rings. The van der Waals surface area contributed by atoms with Gasteiger partial charge in [0.2, 0.25) is 11.8 Å². The fourth-order valence-corrected chi connectivity index (χ4v) is 4.31. The molecule has 0 radical (unpaired) electrons. The van der Waals surface area contributed by atoms with E-state index in [1.165, 1.54) is 0 Å². The van der Waals surface area contributed by atoms with E-state index in [-0.39, 0.29) is 30.8 Å². The van der Waals surface area contributed by atoms with Gasteiger partial charge in [-0.2, -0.15) is 0 Å². The minimum absolute atomic E-state index is 0.0572. The molecule has 6 heteroatoms. The number of carbonyl (C=O) groups excluding carboxylic acids is 2. The van der Waals surface area contributed by atoms with Crippen LogP contribution in [-0.2, 0) is 29.0 Å². The Kier molecular flexibility index (Phi) is 9.14. The second kappa shape index (κ2) is 12.0. The Morgan fingerprint density at radius 2 is 1.59 bits per heavy atom. The van der Waals surface area contributed by atoms with Crippen LogP contribution in [0.25, 0.3) is 0 Å². The van der Waals surface area contributed by atoms with Crippen LogP contribution < -0.4 is 5.32 Å². The molecule has 0 aliphatic carbocycles. The van der Waals surface area contributed by atoms with E-state index in [1.807, 2.05) is 75.4 Å². The van der Waals surface area contributed by atoms with E-state index < -0.39 is 6.04 Å². The predicted octanol–water partition coefficient (Wildman–Crippen LogP) is 6.01. The average molecular weight is 497 g/mol. The number of halogens is 2. The molecule has 1 N–H and O–H groups in total. The molecule has 0 aliphatic heterocycles. The van der Waals surface area contributed by atoms with Crippen LogP contribution in [0.4, 0.5) is 0 Å². The number of nitrogens with one attached hydrogen (secondary N) is 1. The van der Waals surface area contributed by atoms with Gasteiger partial charge >= 0.3 is 0 Å². The summed E-state index contributed by atoms with van der Waals surface area (Å²) in [5, 5.41) is 3.98. The van der Waals surface area contributed by atoms with Crippen LogP contribution in [0.3, 0.4) is 0 Å². The number of aryl methyl sites for hydroxylation is 1. The Hall–Kier alpha value is -2.82. The molecule has 0 aliphatic rings. The summed E-state index contributed by atoms with van der Waals surface area (Å²) in [7, 11) is 0. The Labute approximate surface area is 211 Å². The summed E-state index contributed by atoms with van der Waals surface area (Å²) in [6, 6.07) is 22.0. The van der Waals surface area contributed by atoms with E-state index in [1.54, 1.807) is 23.1 Å².